The number of imidazole rings is 1. The Hall–Kier alpha value is -4.12. The van der Waals surface area contributed by atoms with Gasteiger partial charge >= 0.3 is 0 Å². The third-order valence-corrected chi connectivity index (χ3v) is 5.69. The highest BCUT2D eigenvalue weighted by Gasteiger charge is 2.12. The fourth-order valence-corrected chi connectivity index (χ4v) is 4.03. The van der Waals surface area contributed by atoms with E-state index in [0.717, 1.165) is 35.6 Å². The summed E-state index contributed by atoms with van der Waals surface area (Å²) in [4.78, 5) is 17.2. The highest BCUT2D eigenvalue weighted by Crippen LogP contribution is 2.21. The number of carbonyl (C=O) groups is 1. The van der Waals surface area contributed by atoms with Crippen molar-refractivity contribution in [3.05, 3.63) is 108 Å². The molecule has 0 bridgehead atoms. The van der Waals surface area contributed by atoms with Gasteiger partial charge in [0.25, 0.3) is 5.91 Å². The molecule has 0 aliphatic rings. The summed E-state index contributed by atoms with van der Waals surface area (Å²) in [5.74, 6) is 1.61. The maximum Gasteiger partial charge on any atom is 0.251 e. The molecule has 33 heavy (non-hydrogen) atoms. The SMILES string of the molecule is O=C(NCc1nc2ccccc2n1CCCOc1ccc2ccccc2c1)c1ccccc1. The summed E-state index contributed by atoms with van der Waals surface area (Å²) in [6.45, 7) is 1.72. The summed E-state index contributed by atoms with van der Waals surface area (Å²) in [5.41, 5.74) is 2.63. The molecule has 4 aromatic carbocycles. The third-order valence-electron chi connectivity index (χ3n) is 5.69. The minimum atomic E-state index is -0.103. The molecule has 0 spiro atoms. The molecule has 0 aliphatic carbocycles. The van der Waals surface area contributed by atoms with E-state index in [9.17, 15) is 4.79 Å². The molecule has 5 heteroatoms. The average Bonchev–Trinajstić information content (AvgIpc) is 3.23. The smallest absolute Gasteiger partial charge is 0.251 e. The van der Waals surface area contributed by atoms with E-state index in [1.54, 1.807) is 0 Å². The standard InChI is InChI=1S/C28H25N3O2/c32-28(22-10-2-1-3-11-22)29-20-27-30-25-13-6-7-14-26(25)31(27)17-8-18-33-24-16-15-21-9-4-5-12-23(21)19-24/h1-7,9-16,19H,8,17-18,20H2,(H,29,32). The fraction of sp³-hybridized carbons (Fsp3) is 0.143. The second kappa shape index (κ2) is 9.57. The van der Waals surface area contributed by atoms with Crippen molar-refractivity contribution in [3.63, 3.8) is 0 Å². The predicted molar refractivity (Wildman–Crippen MR) is 131 cm³/mol. The van der Waals surface area contributed by atoms with Crippen LogP contribution in [0.4, 0.5) is 0 Å². The molecule has 0 saturated carbocycles. The van der Waals surface area contributed by atoms with Crippen LogP contribution in [0.15, 0.2) is 97.1 Å². The summed E-state index contributed by atoms with van der Waals surface area (Å²) in [6, 6.07) is 31.7. The van der Waals surface area contributed by atoms with E-state index in [1.807, 2.05) is 66.7 Å². The van der Waals surface area contributed by atoms with Crippen LogP contribution in [0.1, 0.15) is 22.6 Å². The monoisotopic (exact) mass is 435 g/mol. The van der Waals surface area contributed by atoms with E-state index in [-0.39, 0.29) is 5.91 Å². The molecule has 5 rings (SSSR count). The molecule has 1 heterocycles. The van der Waals surface area contributed by atoms with Gasteiger partial charge in [-0.2, -0.15) is 0 Å². The van der Waals surface area contributed by atoms with Crippen molar-refractivity contribution in [1.29, 1.82) is 0 Å². The molecule has 0 saturated heterocycles. The van der Waals surface area contributed by atoms with Crippen LogP contribution in [-0.4, -0.2) is 22.1 Å². The van der Waals surface area contributed by atoms with Crippen molar-refractivity contribution in [3.8, 4) is 5.75 Å². The Balaban J connectivity index is 1.25. The summed E-state index contributed by atoms with van der Waals surface area (Å²) in [6.07, 6.45) is 0.826. The maximum atomic E-state index is 12.5. The van der Waals surface area contributed by atoms with Crippen LogP contribution in [0.3, 0.4) is 0 Å². The van der Waals surface area contributed by atoms with Gasteiger partial charge in [0, 0.05) is 12.1 Å². The molecule has 5 nitrogen and oxygen atoms in total. The molecule has 1 N–H and O–H groups in total. The number of hydrogen-bond acceptors (Lipinski definition) is 3. The van der Waals surface area contributed by atoms with Crippen molar-refractivity contribution >= 4 is 27.7 Å². The van der Waals surface area contributed by atoms with E-state index in [4.69, 9.17) is 9.72 Å². The lowest BCUT2D eigenvalue weighted by atomic mass is 10.1. The van der Waals surface area contributed by atoms with E-state index in [2.05, 4.69) is 40.2 Å². The molecule has 0 unspecified atom stereocenters. The number of para-hydroxylation sites is 2. The number of rotatable bonds is 8. The molecule has 0 aliphatic heterocycles. The number of benzene rings is 4. The van der Waals surface area contributed by atoms with Gasteiger partial charge in [0.05, 0.1) is 24.2 Å². The Bertz CT molecular complexity index is 1390. The summed E-state index contributed by atoms with van der Waals surface area (Å²) in [5, 5.41) is 5.38. The molecular weight excluding hydrogens is 410 g/mol. The summed E-state index contributed by atoms with van der Waals surface area (Å²) in [7, 11) is 0. The van der Waals surface area contributed by atoms with Crippen LogP contribution in [0.5, 0.6) is 5.75 Å². The molecule has 1 amide bonds. The van der Waals surface area contributed by atoms with Crippen molar-refractivity contribution in [1.82, 2.24) is 14.9 Å². The number of amides is 1. The van der Waals surface area contributed by atoms with Crippen molar-refractivity contribution in [2.75, 3.05) is 6.61 Å². The van der Waals surface area contributed by atoms with Crippen LogP contribution in [-0.2, 0) is 13.1 Å². The van der Waals surface area contributed by atoms with Gasteiger partial charge in [0.2, 0.25) is 0 Å². The highest BCUT2D eigenvalue weighted by atomic mass is 16.5. The fourth-order valence-electron chi connectivity index (χ4n) is 4.03. The zero-order chi connectivity index (χ0) is 22.5. The van der Waals surface area contributed by atoms with Gasteiger partial charge in [-0.15, -0.1) is 0 Å². The number of nitrogens with zero attached hydrogens (tertiary/aromatic N) is 2. The van der Waals surface area contributed by atoms with Gasteiger partial charge in [-0.25, -0.2) is 4.98 Å². The summed E-state index contributed by atoms with van der Waals surface area (Å²) >= 11 is 0. The number of fused-ring (bicyclic) bond motifs is 2. The molecule has 0 atom stereocenters. The van der Waals surface area contributed by atoms with Crippen molar-refractivity contribution < 1.29 is 9.53 Å². The van der Waals surface area contributed by atoms with Gasteiger partial charge in [0.1, 0.15) is 11.6 Å². The number of nitrogens with one attached hydrogen (secondary N) is 1. The Morgan fingerprint density at radius 2 is 1.61 bits per heavy atom. The van der Waals surface area contributed by atoms with Crippen molar-refractivity contribution in [2.24, 2.45) is 0 Å². The molecule has 5 aromatic rings. The lowest BCUT2D eigenvalue weighted by Gasteiger charge is -2.12. The van der Waals surface area contributed by atoms with Gasteiger partial charge in [-0.1, -0.05) is 60.7 Å². The van der Waals surface area contributed by atoms with Gasteiger partial charge in [-0.05, 0) is 53.6 Å². The van der Waals surface area contributed by atoms with Gasteiger partial charge in [0.15, 0.2) is 0 Å². The molecule has 164 valence electrons. The number of aryl methyl sites for hydroxylation is 1. The molecular formula is C28H25N3O2. The first-order valence-corrected chi connectivity index (χ1v) is 11.2. The lowest BCUT2D eigenvalue weighted by molar-refractivity contribution is 0.0949. The Morgan fingerprint density at radius 3 is 2.48 bits per heavy atom. The number of ether oxygens (including phenoxy) is 1. The first-order valence-electron chi connectivity index (χ1n) is 11.2. The number of aromatic nitrogens is 2. The first-order chi connectivity index (χ1) is 16.3. The van der Waals surface area contributed by atoms with Crippen LogP contribution in [0.25, 0.3) is 21.8 Å². The predicted octanol–water partition coefficient (Wildman–Crippen LogP) is 5.59. The highest BCUT2D eigenvalue weighted by molar-refractivity contribution is 5.94. The Labute approximate surface area is 192 Å². The minimum absolute atomic E-state index is 0.103. The van der Waals surface area contributed by atoms with E-state index in [1.165, 1.54) is 10.8 Å². The Morgan fingerprint density at radius 1 is 0.848 bits per heavy atom. The van der Waals surface area contributed by atoms with Crippen LogP contribution >= 0.6 is 0 Å². The zero-order valence-corrected chi connectivity index (χ0v) is 18.3. The average molecular weight is 436 g/mol. The van der Waals surface area contributed by atoms with Crippen LogP contribution in [0, 0.1) is 0 Å². The lowest BCUT2D eigenvalue weighted by Crippen LogP contribution is -2.24. The molecule has 0 fully saturated rings. The van der Waals surface area contributed by atoms with E-state index >= 15 is 0 Å². The largest absolute Gasteiger partial charge is 0.494 e. The zero-order valence-electron chi connectivity index (χ0n) is 18.3. The third kappa shape index (κ3) is 4.72. The van der Waals surface area contributed by atoms with E-state index < -0.39 is 0 Å². The minimum Gasteiger partial charge on any atom is -0.494 e. The van der Waals surface area contributed by atoms with Gasteiger partial charge < -0.3 is 14.6 Å². The second-order valence-electron chi connectivity index (χ2n) is 7.93. The van der Waals surface area contributed by atoms with Crippen molar-refractivity contribution in [2.45, 2.75) is 19.5 Å². The maximum absolute atomic E-state index is 12.5. The van der Waals surface area contributed by atoms with Gasteiger partial charge in [-0.3, -0.25) is 4.79 Å². The first kappa shape index (κ1) is 20.8. The number of carbonyl (C=O) groups excluding carboxylic acids is 1. The second-order valence-corrected chi connectivity index (χ2v) is 7.93. The van der Waals surface area contributed by atoms with Crippen LogP contribution in [0.2, 0.25) is 0 Å². The quantitative estimate of drug-likeness (QED) is 0.323. The van der Waals surface area contributed by atoms with E-state index in [0.29, 0.717) is 18.7 Å². The molecule has 1 aromatic heterocycles. The molecule has 0 radical (unpaired) electrons. The Kier molecular flexibility index (Phi) is 6.02. The topological polar surface area (TPSA) is 56.2 Å². The number of hydrogen-bond donors (Lipinski definition) is 1. The normalized spacial score (nSPS) is 11.0. The van der Waals surface area contributed by atoms with Crippen LogP contribution < -0.4 is 10.1 Å². The summed E-state index contributed by atoms with van der Waals surface area (Å²) < 4.78 is 8.19.